The van der Waals surface area contributed by atoms with E-state index in [9.17, 15) is 10.1 Å². The third kappa shape index (κ3) is 4.66. The number of hydrogen-bond acceptors (Lipinski definition) is 5. The summed E-state index contributed by atoms with van der Waals surface area (Å²) in [5.41, 5.74) is 0. The van der Waals surface area contributed by atoms with E-state index in [1.54, 1.807) is 0 Å². The van der Waals surface area contributed by atoms with Gasteiger partial charge in [0, 0.05) is 0 Å². The zero-order chi connectivity index (χ0) is 23.2. The summed E-state index contributed by atoms with van der Waals surface area (Å²) < 4.78 is 6.28. The maximum atomic E-state index is 12.3. The van der Waals surface area contributed by atoms with Gasteiger partial charge >= 0.3 is 205 Å². The monoisotopic (exact) mass is 499 g/mol. The van der Waals surface area contributed by atoms with Crippen molar-refractivity contribution in [1.82, 2.24) is 0 Å². The minimum atomic E-state index is -3.89. The van der Waals surface area contributed by atoms with Gasteiger partial charge in [-0.3, -0.25) is 0 Å². The SMILES string of the molecule is CC1(CCCP(O[N+](=O)[O-])(c2ccccc2)(c2ccccc2)c2ccccc2)SCCCS1. The van der Waals surface area contributed by atoms with Crippen molar-refractivity contribution in [2.24, 2.45) is 0 Å². The zero-order valence-corrected chi connectivity index (χ0v) is 21.4. The van der Waals surface area contributed by atoms with Gasteiger partial charge in [-0.15, -0.1) is 0 Å². The van der Waals surface area contributed by atoms with Crippen LogP contribution in [0, 0.1) is 10.1 Å². The molecule has 0 aromatic heterocycles. The van der Waals surface area contributed by atoms with E-state index in [2.05, 4.69) is 6.92 Å². The summed E-state index contributed by atoms with van der Waals surface area (Å²) in [6.45, 7) is -1.58. The second-order valence-corrected chi connectivity index (χ2v) is 16.6. The van der Waals surface area contributed by atoms with Crippen molar-refractivity contribution in [2.45, 2.75) is 30.3 Å². The van der Waals surface area contributed by atoms with Crippen LogP contribution in [0.2, 0.25) is 0 Å². The van der Waals surface area contributed by atoms with Gasteiger partial charge in [-0.2, -0.15) is 0 Å². The minimum absolute atomic E-state index is 0.136. The van der Waals surface area contributed by atoms with Crippen molar-refractivity contribution in [3.8, 4) is 0 Å². The van der Waals surface area contributed by atoms with Crippen molar-refractivity contribution in [3.63, 3.8) is 0 Å². The Morgan fingerprint density at radius 2 is 1.27 bits per heavy atom. The maximum absolute atomic E-state index is 12.3. The molecule has 0 N–H and O–H groups in total. The molecule has 3 aromatic rings. The molecule has 33 heavy (non-hydrogen) atoms. The fourth-order valence-corrected chi connectivity index (χ4v) is 13.4. The Morgan fingerprint density at radius 3 is 1.67 bits per heavy atom. The molecular formula is C26H30NO3PS2. The Morgan fingerprint density at radius 1 is 0.848 bits per heavy atom. The van der Waals surface area contributed by atoms with E-state index in [-0.39, 0.29) is 4.08 Å². The van der Waals surface area contributed by atoms with E-state index in [0.29, 0.717) is 6.16 Å². The number of benzene rings is 3. The fourth-order valence-electron chi connectivity index (χ4n) is 4.92. The molecule has 0 atom stereocenters. The molecule has 1 heterocycles. The fraction of sp³-hybridized carbons (Fsp3) is 0.308. The molecule has 0 bridgehead atoms. The van der Waals surface area contributed by atoms with Crippen LogP contribution in [0.4, 0.5) is 0 Å². The topological polar surface area (TPSA) is 52.4 Å². The Hall–Kier alpha value is -2.01. The van der Waals surface area contributed by atoms with E-state index in [1.165, 1.54) is 17.9 Å². The molecule has 0 amide bonds. The van der Waals surface area contributed by atoms with Crippen LogP contribution < -0.4 is 15.9 Å². The predicted octanol–water partition coefficient (Wildman–Crippen LogP) is 6.01. The molecule has 1 aliphatic rings. The molecule has 0 unspecified atom stereocenters. The average molecular weight is 500 g/mol. The summed E-state index contributed by atoms with van der Waals surface area (Å²) in [4.78, 5) is 12.3. The van der Waals surface area contributed by atoms with E-state index in [4.69, 9.17) is 4.62 Å². The Balaban J connectivity index is 1.93. The summed E-state index contributed by atoms with van der Waals surface area (Å²) in [7, 11) is 0. The number of hydrogen-bond donors (Lipinski definition) is 0. The Kier molecular flexibility index (Phi) is 7.37. The quantitative estimate of drug-likeness (QED) is 0.205. The molecule has 3 aromatic carbocycles. The van der Waals surface area contributed by atoms with Crippen LogP contribution in [0.1, 0.15) is 26.2 Å². The van der Waals surface area contributed by atoms with E-state index in [1.807, 2.05) is 115 Å². The molecule has 4 nitrogen and oxygen atoms in total. The van der Waals surface area contributed by atoms with E-state index >= 15 is 0 Å². The first-order chi connectivity index (χ1) is 16.0. The van der Waals surface area contributed by atoms with Crippen LogP contribution in [-0.2, 0) is 4.62 Å². The second kappa shape index (κ2) is 10.1. The molecule has 0 radical (unpaired) electrons. The van der Waals surface area contributed by atoms with Crippen LogP contribution in [-0.4, -0.2) is 26.8 Å². The number of rotatable bonds is 9. The summed E-state index contributed by atoms with van der Waals surface area (Å²) in [5, 5.41) is 14.4. The number of nitrogens with zero attached hydrogens (tertiary/aromatic N) is 1. The summed E-state index contributed by atoms with van der Waals surface area (Å²) in [6.07, 6.45) is 3.64. The molecule has 0 saturated carbocycles. The van der Waals surface area contributed by atoms with Crippen LogP contribution in [0.25, 0.3) is 0 Å². The van der Waals surface area contributed by atoms with Crippen LogP contribution in [0.3, 0.4) is 0 Å². The third-order valence-corrected chi connectivity index (χ3v) is 15.6. The average Bonchev–Trinajstić information content (AvgIpc) is 2.85. The van der Waals surface area contributed by atoms with Gasteiger partial charge in [-0.05, 0) is 0 Å². The van der Waals surface area contributed by atoms with Crippen LogP contribution >= 0.6 is 30.4 Å². The Bertz CT molecular complexity index is 961. The molecular weight excluding hydrogens is 469 g/mol. The summed E-state index contributed by atoms with van der Waals surface area (Å²) in [6, 6.07) is 29.6. The summed E-state index contributed by atoms with van der Waals surface area (Å²) in [5.74, 6) is 2.35. The second-order valence-electron chi connectivity index (χ2n) is 8.54. The van der Waals surface area contributed by atoms with Gasteiger partial charge in [0.1, 0.15) is 0 Å². The van der Waals surface area contributed by atoms with Gasteiger partial charge in [-0.1, -0.05) is 0 Å². The van der Waals surface area contributed by atoms with Crippen LogP contribution in [0.5, 0.6) is 0 Å². The first-order valence-corrected chi connectivity index (χ1v) is 15.6. The molecule has 7 heteroatoms. The van der Waals surface area contributed by atoms with Crippen molar-refractivity contribution < 1.29 is 9.71 Å². The summed E-state index contributed by atoms with van der Waals surface area (Å²) >= 11 is 4.04. The standard InChI is InChI=1S/C26H30NO3PS2/c1-26(32-21-12-22-33-26)19-11-20-31(30-27(28)29,23-13-5-2-6-14-23,24-15-7-3-8-16-24)25-17-9-4-10-18-25/h2-10,13-18H,11-12,19-22H2,1H3. The predicted molar refractivity (Wildman–Crippen MR) is 145 cm³/mol. The van der Waals surface area contributed by atoms with Gasteiger partial charge < -0.3 is 0 Å². The van der Waals surface area contributed by atoms with Crippen molar-refractivity contribution in [3.05, 3.63) is 101 Å². The van der Waals surface area contributed by atoms with Crippen molar-refractivity contribution in [2.75, 3.05) is 17.7 Å². The first kappa shape index (κ1) is 24.1. The third-order valence-electron chi connectivity index (χ3n) is 6.47. The van der Waals surface area contributed by atoms with Crippen molar-refractivity contribution in [1.29, 1.82) is 0 Å². The molecule has 0 aliphatic carbocycles. The molecule has 1 fully saturated rings. The molecule has 1 saturated heterocycles. The van der Waals surface area contributed by atoms with E-state index < -0.39 is 11.9 Å². The Labute approximate surface area is 204 Å². The zero-order valence-electron chi connectivity index (χ0n) is 18.8. The van der Waals surface area contributed by atoms with Gasteiger partial charge in [-0.25, -0.2) is 0 Å². The molecule has 1 aliphatic heterocycles. The molecule has 4 rings (SSSR count). The van der Waals surface area contributed by atoms with Gasteiger partial charge in [0.15, 0.2) is 0 Å². The van der Waals surface area contributed by atoms with Gasteiger partial charge in [0.05, 0.1) is 0 Å². The van der Waals surface area contributed by atoms with Gasteiger partial charge in [0.25, 0.3) is 0 Å². The first-order valence-electron chi connectivity index (χ1n) is 11.3. The van der Waals surface area contributed by atoms with E-state index in [0.717, 1.165) is 28.8 Å². The molecule has 0 spiro atoms. The van der Waals surface area contributed by atoms with Crippen molar-refractivity contribution >= 4 is 46.3 Å². The van der Waals surface area contributed by atoms with Crippen LogP contribution in [0.15, 0.2) is 91.0 Å². The molecule has 174 valence electrons. The number of thioether (sulfide) groups is 2. The van der Waals surface area contributed by atoms with Gasteiger partial charge in [0.2, 0.25) is 0 Å². The normalized spacial score (nSPS) is 16.9.